The normalized spacial score (nSPS) is 27.1. The average molecular weight is 218 g/mol. The Labute approximate surface area is 84.7 Å². The molecule has 70 valence electrons. The van der Waals surface area contributed by atoms with E-state index in [-0.39, 0.29) is 18.2 Å². The average Bonchev–Trinajstić information content (AvgIpc) is 2.58. The Hall–Kier alpha value is -0.740. The number of alkyl carbamates (subject to hydrolysis) is 1. The zero-order valence-electron chi connectivity index (χ0n) is 6.91. The zero-order valence-corrected chi connectivity index (χ0v) is 8.48. The summed E-state index contributed by atoms with van der Waals surface area (Å²) in [6.45, 7) is 1.91. The number of ether oxygens (including phenoxy) is 1. The van der Waals surface area contributed by atoms with E-state index in [0.29, 0.717) is 4.34 Å². The van der Waals surface area contributed by atoms with E-state index in [9.17, 15) is 4.79 Å². The summed E-state index contributed by atoms with van der Waals surface area (Å²) in [5.74, 6) is 0. The van der Waals surface area contributed by atoms with Crippen LogP contribution in [0.25, 0.3) is 0 Å². The smallest absolute Gasteiger partial charge is 0.408 e. The third-order valence-corrected chi connectivity index (χ3v) is 3.20. The Morgan fingerprint density at radius 1 is 1.62 bits per heavy atom. The van der Waals surface area contributed by atoms with Crippen molar-refractivity contribution in [1.82, 2.24) is 5.32 Å². The lowest BCUT2D eigenvalue weighted by Crippen LogP contribution is -2.23. The fourth-order valence-corrected chi connectivity index (χ4v) is 2.49. The van der Waals surface area contributed by atoms with Gasteiger partial charge in [0.2, 0.25) is 0 Å². The molecule has 5 heteroatoms. The van der Waals surface area contributed by atoms with Crippen LogP contribution in [0.4, 0.5) is 4.79 Å². The quantitative estimate of drug-likeness (QED) is 0.785. The van der Waals surface area contributed by atoms with Crippen molar-refractivity contribution in [3.8, 4) is 0 Å². The number of amides is 1. The largest absolute Gasteiger partial charge is 0.438 e. The molecule has 0 bridgehead atoms. The van der Waals surface area contributed by atoms with Crippen molar-refractivity contribution in [1.29, 1.82) is 0 Å². The molecule has 0 radical (unpaired) electrons. The fraction of sp³-hybridized carbons (Fsp3) is 0.375. The molecule has 0 unspecified atom stereocenters. The number of carbonyl (C=O) groups excluding carboxylic acids is 1. The standard InChI is InChI=1S/C8H8ClNO2S/c1-4-7(12-8(11)10-4)5-2-3-6(9)13-5/h2-4,7H,1H3,(H,10,11)/t4-,7-/m0/s1. The predicted molar refractivity (Wildman–Crippen MR) is 51.1 cm³/mol. The van der Waals surface area contributed by atoms with Gasteiger partial charge in [-0.25, -0.2) is 4.79 Å². The summed E-state index contributed by atoms with van der Waals surface area (Å²) in [5, 5.41) is 2.68. The van der Waals surface area contributed by atoms with Gasteiger partial charge in [0.05, 0.1) is 10.4 Å². The molecule has 0 spiro atoms. The second kappa shape index (κ2) is 3.20. The number of rotatable bonds is 1. The van der Waals surface area contributed by atoms with Crippen LogP contribution in [0.3, 0.4) is 0 Å². The minimum absolute atomic E-state index is 0.0159. The van der Waals surface area contributed by atoms with Crippen molar-refractivity contribution in [2.45, 2.75) is 19.1 Å². The highest BCUT2D eigenvalue weighted by Gasteiger charge is 2.32. The summed E-state index contributed by atoms with van der Waals surface area (Å²) >= 11 is 7.22. The van der Waals surface area contributed by atoms with Crippen molar-refractivity contribution in [2.75, 3.05) is 0 Å². The SMILES string of the molecule is C[C@@H]1NC(=O)O[C@@H]1c1ccc(Cl)s1. The lowest BCUT2D eigenvalue weighted by Gasteiger charge is -2.09. The van der Waals surface area contributed by atoms with Gasteiger partial charge in [-0.15, -0.1) is 11.3 Å². The van der Waals surface area contributed by atoms with Crippen LogP contribution in [0.15, 0.2) is 12.1 Å². The Morgan fingerprint density at radius 3 is 2.85 bits per heavy atom. The molecule has 1 aliphatic rings. The van der Waals surface area contributed by atoms with Gasteiger partial charge >= 0.3 is 6.09 Å². The van der Waals surface area contributed by atoms with Crippen LogP contribution in [0, 0.1) is 0 Å². The molecule has 0 saturated carbocycles. The summed E-state index contributed by atoms with van der Waals surface area (Å²) < 4.78 is 5.79. The maximum atomic E-state index is 10.9. The van der Waals surface area contributed by atoms with Gasteiger partial charge in [0.25, 0.3) is 0 Å². The van der Waals surface area contributed by atoms with Crippen molar-refractivity contribution >= 4 is 29.0 Å². The monoisotopic (exact) mass is 217 g/mol. The molecule has 0 aliphatic carbocycles. The Balaban J connectivity index is 2.22. The van der Waals surface area contributed by atoms with E-state index in [1.165, 1.54) is 11.3 Å². The van der Waals surface area contributed by atoms with Gasteiger partial charge in [0.1, 0.15) is 0 Å². The third kappa shape index (κ3) is 1.64. The highest BCUT2D eigenvalue weighted by atomic mass is 35.5. The summed E-state index contributed by atoms with van der Waals surface area (Å²) in [5.41, 5.74) is 0. The Kier molecular flexibility index (Phi) is 2.17. The first kappa shape index (κ1) is 8.84. The van der Waals surface area contributed by atoms with Crippen molar-refractivity contribution in [3.63, 3.8) is 0 Å². The topological polar surface area (TPSA) is 38.3 Å². The molecule has 2 rings (SSSR count). The van der Waals surface area contributed by atoms with E-state index in [4.69, 9.17) is 16.3 Å². The molecule has 1 aromatic heterocycles. The first-order chi connectivity index (χ1) is 6.16. The van der Waals surface area contributed by atoms with E-state index < -0.39 is 0 Å². The molecule has 1 aromatic rings. The van der Waals surface area contributed by atoms with E-state index in [1.807, 2.05) is 13.0 Å². The number of thiophene rings is 1. The van der Waals surface area contributed by atoms with E-state index >= 15 is 0 Å². The molecule has 1 N–H and O–H groups in total. The number of carbonyl (C=O) groups is 1. The van der Waals surface area contributed by atoms with Crippen LogP contribution in [-0.4, -0.2) is 12.1 Å². The summed E-state index contributed by atoms with van der Waals surface area (Å²) in [7, 11) is 0. The zero-order chi connectivity index (χ0) is 9.42. The van der Waals surface area contributed by atoms with Gasteiger partial charge in [-0.1, -0.05) is 11.6 Å². The lowest BCUT2D eigenvalue weighted by atomic mass is 10.2. The molecule has 13 heavy (non-hydrogen) atoms. The number of hydrogen-bond acceptors (Lipinski definition) is 3. The van der Waals surface area contributed by atoms with Crippen LogP contribution >= 0.6 is 22.9 Å². The van der Waals surface area contributed by atoms with E-state index in [2.05, 4.69) is 5.32 Å². The lowest BCUT2D eigenvalue weighted by molar-refractivity contribution is 0.136. The minimum atomic E-state index is -0.359. The second-order valence-electron chi connectivity index (χ2n) is 2.90. The van der Waals surface area contributed by atoms with Crippen LogP contribution < -0.4 is 5.32 Å². The molecule has 1 aliphatic heterocycles. The van der Waals surface area contributed by atoms with Crippen molar-refractivity contribution in [3.05, 3.63) is 21.3 Å². The third-order valence-electron chi connectivity index (χ3n) is 1.91. The van der Waals surface area contributed by atoms with Crippen LogP contribution in [0.5, 0.6) is 0 Å². The Morgan fingerprint density at radius 2 is 2.38 bits per heavy atom. The molecule has 1 amide bonds. The first-order valence-corrected chi connectivity index (χ1v) is 5.08. The molecule has 2 heterocycles. The van der Waals surface area contributed by atoms with Crippen LogP contribution in [0.1, 0.15) is 17.9 Å². The number of halogens is 1. The molecule has 0 aromatic carbocycles. The fourth-order valence-electron chi connectivity index (χ4n) is 1.30. The maximum Gasteiger partial charge on any atom is 0.408 e. The molecular formula is C8H8ClNO2S. The van der Waals surface area contributed by atoms with Gasteiger partial charge in [-0.3, -0.25) is 0 Å². The first-order valence-electron chi connectivity index (χ1n) is 3.89. The molecule has 1 saturated heterocycles. The maximum absolute atomic E-state index is 10.9. The van der Waals surface area contributed by atoms with Crippen LogP contribution in [-0.2, 0) is 4.74 Å². The van der Waals surface area contributed by atoms with Gasteiger partial charge in [-0.2, -0.15) is 0 Å². The van der Waals surface area contributed by atoms with Gasteiger partial charge < -0.3 is 10.1 Å². The number of nitrogens with one attached hydrogen (secondary N) is 1. The summed E-state index contributed by atoms with van der Waals surface area (Å²) in [4.78, 5) is 11.9. The predicted octanol–water partition coefficient (Wildman–Crippen LogP) is 2.57. The minimum Gasteiger partial charge on any atom is -0.438 e. The molecular weight excluding hydrogens is 210 g/mol. The molecule has 2 atom stereocenters. The summed E-state index contributed by atoms with van der Waals surface area (Å²) in [6.07, 6.45) is -0.549. The highest BCUT2D eigenvalue weighted by molar-refractivity contribution is 7.16. The van der Waals surface area contributed by atoms with Crippen molar-refractivity contribution < 1.29 is 9.53 Å². The van der Waals surface area contributed by atoms with Crippen molar-refractivity contribution in [2.24, 2.45) is 0 Å². The second-order valence-corrected chi connectivity index (χ2v) is 4.65. The summed E-state index contributed by atoms with van der Waals surface area (Å²) in [6, 6.07) is 3.71. The van der Waals surface area contributed by atoms with E-state index in [0.717, 1.165) is 4.88 Å². The van der Waals surface area contributed by atoms with Crippen LogP contribution in [0.2, 0.25) is 4.34 Å². The Bertz CT molecular complexity index is 339. The number of cyclic esters (lactones) is 1. The van der Waals surface area contributed by atoms with E-state index in [1.54, 1.807) is 6.07 Å². The van der Waals surface area contributed by atoms with Gasteiger partial charge in [0, 0.05) is 4.88 Å². The highest BCUT2D eigenvalue weighted by Crippen LogP contribution is 2.33. The molecule has 3 nitrogen and oxygen atoms in total. The number of hydrogen-bond donors (Lipinski definition) is 1. The van der Waals surface area contributed by atoms with Gasteiger partial charge in [0.15, 0.2) is 6.10 Å². The molecule has 1 fully saturated rings. The van der Waals surface area contributed by atoms with Gasteiger partial charge in [-0.05, 0) is 19.1 Å².